The van der Waals surface area contributed by atoms with Crippen LogP contribution in [0.4, 0.5) is 10.2 Å². The number of fused-ring (bicyclic) bond motifs is 4. The molecule has 0 fully saturated rings. The average Bonchev–Trinajstić information content (AvgIpc) is 3.80. The van der Waals surface area contributed by atoms with Crippen LogP contribution in [0.5, 0.6) is 0 Å². The maximum Gasteiger partial charge on any atom is 0.253 e. The number of nitrogens with zero attached hydrogens (tertiary/aromatic N) is 4. The predicted molar refractivity (Wildman–Crippen MR) is 208 cm³/mol. The molecule has 0 saturated heterocycles. The number of carbonyl (C=O) groups excluding carboxylic acids is 2. The van der Waals surface area contributed by atoms with Gasteiger partial charge in [0.2, 0.25) is 5.95 Å². The van der Waals surface area contributed by atoms with Gasteiger partial charge in [0.05, 0.1) is 33.5 Å². The quantitative estimate of drug-likeness (QED) is 0.0961. The van der Waals surface area contributed by atoms with E-state index in [4.69, 9.17) is 15.7 Å². The van der Waals surface area contributed by atoms with Gasteiger partial charge in [0.15, 0.2) is 0 Å². The van der Waals surface area contributed by atoms with E-state index in [0.29, 0.717) is 29.7 Å². The van der Waals surface area contributed by atoms with Gasteiger partial charge in [0.1, 0.15) is 16.9 Å². The third kappa shape index (κ3) is 8.20. The number of nitrogens with one attached hydrogen (secondary N) is 5. The molecule has 2 amide bonds. The number of rotatable bonds is 8. The van der Waals surface area contributed by atoms with Crippen molar-refractivity contribution in [1.82, 2.24) is 40.5 Å². The molecule has 13 heteroatoms. The molecule has 6 aromatic rings. The lowest BCUT2D eigenvalue weighted by atomic mass is 10.1. The van der Waals surface area contributed by atoms with Crippen LogP contribution in [-0.2, 0) is 12.8 Å². The third-order valence-electron chi connectivity index (χ3n) is 9.25. The molecule has 0 aliphatic carbocycles. The smallest absolute Gasteiger partial charge is 0.253 e. The molecule has 2 aromatic carbocycles. The average molecular weight is 719 g/mol. The van der Waals surface area contributed by atoms with Gasteiger partial charge in [-0.25, -0.2) is 19.9 Å². The van der Waals surface area contributed by atoms with Crippen LogP contribution in [0.25, 0.3) is 44.6 Å². The van der Waals surface area contributed by atoms with Gasteiger partial charge in [0.25, 0.3) is 11.8 Å². The van der Waals surface area contributed by atoms with Crippen molar-refractivity contribution >= 4 is 39.7 Å². The number of carbonyl (C=O) groups is 2. The van der Waals surface area contributed by atoms with Crippen molar-refractivity contribution in [2.45, 2.75) is 66.2 Å². The minimum absolute atomic E-state index is 0.0159. The van der Waals surface area contributed by atoms with Crippen LogP contribution < -0.4 is 21.7 Å². The first-order chi connectivity index (χ1) is 25.7. The van der Waals surface area contributed by atoms with E-state index in [1.165, 1.54) is 12.8 Å². The standard InChI is InChI=1S/C20H23N5O.C16H13FN4O.C4H11N/c1-3-4-9-21-19-12(2)23-16-7-5-6-13(18(16)25-19)17-11-14-15(24-17)8-10-22-20(14)26;1-8-15(17)21-14-9(3-2-4-12(14)19-8)13-7-10-11(20-13)5-6-18-16(10)22;1-2-3-4-5/h5-7,11,24H,3-4,8-10H2,1-2H3,(H,21,25)(H,22,26);2-4,7,20H,5-6H2,1H3,(H,18,22);2-5H2,1H3. The topological polar surface area (TPSA) is 179 Å². The fourth-order valence-electron chi connectivity index (χ4n) is 6.38. The molecule has 2 aliphatic heterocycles. The van der Waals surface area contributed by atoms with E-state index in [-0.39, 0.29) is 17.5 Å². The number of H-pyrrole nitrogens is 2. The maximum atomic E-state index is 13.8. The summed E-state index contributed by atoms with van der Waals surface area (Å²) in [6, 6.07) is 15.2. The minimum Gasteiger partial charge on any atom is -0.369 e. The first kappa shape index (κ1) is 37.1. The molecule has 0 spiro atoms. The Hall–Kier alpha value is -5.69. The first-order valence-corrected chi connectivity index (χ1v) is 18.4. The number of benzene rings is 2. The van der Waals surface area contributed by atoms with Crippen molar-refractivity contribution in [2.75, 3.05) is 31.5 Å². The summed E-state index contributed by atoms with van der Waals surface area (Å²) in [5, 5.41) is 9.09. The fraction of sp³-hybridized carbons (Fsp3) is 0.350. The molecule has 0 saturated carbocycles. The summed E-state index contributed by atoms with van der Waals surface area (Å²) >= 11 is 0. The Balaban J connectivity index is 0.000000163. The molecule has 2 aliphatic rings. The highest BCUT2D eigenvalue weighted by atomic mass is 19.1. The van der Waals surface area contributed by atoms with Crippen molar-refractivity contribution in [3.8, 4) is 22.5 Å². The van der Waals surface area contributed by atoms with Crippen LogP contribution in [0.1, 0.15) is 83.0 Å². The molecule has 7 N–H and O–H groups in total. The Labute approximate surface area is 308 Å². The summed E-state index contributed by atoms with van der Waals surface area (Å²) < 4.78 is 13.8. The Kier molecular flexibility index (Phi) is 11.7. The van der Waals surface area contributed by atoms with Crippen LogP contribution in [0.15, 0.2) is 48.5 Å². The van der Waals surface area contributed by atoms with E-state index in [0.717, 1.165) is 101 Å². The van der Waals surface area contributed by atoms with E-state index in [2.05, 4.69) is 49.7 Å². The highest BCUT2D eigenvalue weighted by Gasteiger charge is 2.23. The SMILES string of the molecule is CCCCN.CCCCNc1nc2c(-c3cc4c([nH]3)CCNC4=O)cccc2nc1C.Cc1nc2cccc(-c3cc4c([nH]3)CCNC4=O)c2nc1F. The number of aromatic amines is 2. The number of aromatic nitrogens is 6. The number of hydrogen-bond donors (Lipinski definition) is 6. The number of hydrogen-bond acceptors (Lipinski definition) is 8. The van der Waals surface area contributed by atoms with Gasteiger partial charge >= 0.3 is 0 Å². The number of unbranched alkanes of at least 4 members (excludes halogenated alkanes) is 2. The van der Waals surface area contributed by atoms with Crippen molar-refractivity contribution in [3.63, 3.8) is 0 Å². The zero-order valence-corrected chi connectivity index (χ0v) is 30.8. The molecule has 53 heavy (non-hydrogen) atoms. The van der Waals surface area contributed by atoms with Crippen LogP contribution in [0.2, 0.25) is 0 Å². The van der Waals surface area contributed by atoms with Gasteiger partial charge in [-0.3, -0.25) is 9.59 Å². The number of amides is 2. The van der Waals surface area contributed by atoms with Crippen LogP contribution in [0.3, 0.4) is 0 Å². The maximum absolute atomic E-state index is 13.8. The van der Waals surface area contributed by atoms with Crippen LogP contribution in [-0.4, -0.2) is 67.9 Å². The second-order valence-electron chi connectivity index (χ2n) is 13.2. The Morgan fingerprint density at radius 3 is 1.74 bits per heavy atom. The Morgan fingerprint density at radius 2 is 1.25 bits per heavy atom. The van der Waals surface area contributed by atoms with Crippen molar-refractivity contribution in [3.05, 3.63) is 88.4 Å². The normalized spacial score (nSPS) is 13.2. The summed E-state index contributed by atoms with van der Waals surface area (Å²) in [7, 11) is 0. The lowest BCUT2D eigenvalue weighted by Crippen LogP contribution is -2.31. The number of nitrogens with two attached hydrogens (primary N) is 1. The summed E-state index contributed by atoms with van der Waals surface area (Å²) in [6.45, 7) is 10.9. The van der Waals surface area contributed by atoms with Gasteiger partial charge in [0, 0.05) is 66.4 Å². The Bertz CT molecular complexity index is 2260. The van der Waals surface area contributed by atoms with Gasteiger partial charge in [-0.2, -0.15) is 4.39 Å². The molecular weight excluding hydrogens is 672 g/mol. The van der Waals surface area contributed by atoms with Crippen molar-refractivity contribution < 1.29 is 14.0 Å². The summed E-state index contributed by atoms with van der Waals surface area (Å²) in [6.07, 6.45) is 6.19. The molecule has 0 bridgehead atoms. The molecule has 0 atom stereocenters. The zero-order chi connectivity index (χ0) is 37.5. The number of halogens is 1. The second-order valence-corrected chi connectivity index (χ2v) is 13.2. The summed E-state index contributed by atoms with van der Waals surface area (Å²) in [4.78, 5) is 48.4. The van der Waals surface area contributed by atoms with Crippen molar-refractivity contribution in [2.24, 2.45) is 5.73 Å². The monoisotopic (exact) mass is 718 g/mol. The summed E-state index contributed by atoms with van der Waals surface area (Å²) in [5.74, 6) is 0.149. The third-order valence-corrected chi connectivity index (χ3v) is 9.25. The molecular formula is C40H47FN10O2. The lowest BCUT2D eigenvalue weighted by Gasteiger charge is -2.11. The molecule has 8 rings (SSSR count). The molecule has 12 nitrogen and oxygen atoms in total. The lowest BCUT2D eigenvalue weighted by molar-refractivity contribution is 0.0937. The van der Waals surface area contributed by atoms with E-state index >= 15 is 0 Å². The number of aryl methyl sites for hydroxylation is 2. The zero-order valence-electron chi connectivity index (χ0n) is 30.8. The molecule has 6 heterocycles. The molecule has 0 radical (unpaired) electrons. The molecule has 276 valence electrons. The molecule has 4 aromatic heterocycles. The first-order valence-electron chi connectivity index (χ1n) is 18.4. The predicted octanol–water partition coefficient (Wildman–Crippen LogP) is 6.53. The van der Waals surface area contributed by atoms with E-state index in [9.17, 15) is 14.0 Å². The number of anilines is 1. The largest absolute Gasteiger partial charge is 0.369 e. The van der Waals surface area contributed by atoms with Gasteiger partial charge in [-0.1, -0.05) is 51.0 Å². The highest BCUT2D eigenvalue weighted by molar-refractivity contribution is 6.00. The summed E-state index contributed by atoms with van der Waals surface area (Å²) in [5.41, 5.74) is 15.8. The highest BCUT2D eigenvalue weighted by Crippen LogP contribution is 2.31. The fourth-order valence-corrected chi connectivity index (χ4v) is 6.38. The number of para-hydroxylation sites is 2. The van der Waals surface area contributed by atoms with E-state index in [1.807, 2.05) is 43.3 Å². The molecule has 0 unspecified atom stereocenters. The van der Waals surface area contributed by atoms with E-state index in [1.54, 1.807) is 19.1 Å². The van der Waals surface area contributed by atoms with Crippen LogP contribution >= 0.6 is 0 Å². The Morgan fingerprint density at radius 1 is 0.717 bits per heavy atom. The second kappa shape index (κ2) is 16.8. The van der Waals surface area contributed by atoms with Gasteiger partial charge < -0.3 is 31.7 Å². The van der Waals surface area contributed by atoms with E-state index < -0.39 is 5.95 Å². The van der Waals surface area contributed by atoms with Gasteiger partial charge in [-0.15, -0.1) is 0 Å². The van der Waals surface area contributed by atoms with Gasteiger partial charge in [-0.05, 0) is 57.5 Å². The van der Waals surface area contributed by atoms with Crippen LogP contribution in [0, 0.1) is 19.8 Å². The van der Waals surface area contributed by atoms with Crippen molar-refractivity contribution in [1.29, 1.82) is 0 Å². The minimum atomic E-state index is -0.575.